The summed E-state index contributed by atoms with van der Waals surface area (Å²) in [6.45, 7) is 6.02. The Morgan fingerprint density at radius 1 is 1.50 bits per heavy atom. The van der Waals surface area contributed by atoms with Gasteiger partial charge in [-0.05, 0) is 31.4 Å². The van der Waals surface area contributed by atoms with Gasteiger partial charge in [-0.1, -0.05) is 32.5 Å². The molecule has 5 nitrogen and oxygen atoms in total. The van der Waals surface area contributed by atoms with Crippen LogP contribution in [-0.4, -0.2) is 24.4 Å². The van der Waals surface area contributed by atoms with Crippen molar-refractivity contribution in [2.75, 3.05) is 0 Å². The molecule has 2 atom stereocenters. The van der Waals surface area contributed by atoms with E-state index in [9.17, 15) is 8.42 Å². The molecule has 1 aromatic heterocycles. The number of nitrogens with two attached hydrogens (primary N) is 1. The highest BCUT2D eigenvalue weighted by atomic mass is 32.2. The molecular formula is C13H21N3O2S2. The van der Waals surface area contributed by atoms with Crippen molar-refractivity contribution < 1.29 is 8.42 Å². The first-order valence-electron chi connectivity index (χ1n) is 6.55. The van der Waals surface area contributed by atoms with Crippen LogP contribution in [0.3, 0.4) is 0 Å². The molecule has 20 heavy (non-hydrogen) atoms. The van der Waals surface area contributed by atoms with E-state index >= 15 is 0 Å². The number of hydrogen-bond donors (Lipinski definition) is 2. The SMILES string of the molecule is CCC(C)CC(C)NS(=O)(=O)c1cccnc1C(N)=S. The zero-order chi connectivity index (χ0) is 15.3. The first kappa shape index (κ1) is 17.0. The Labute approximate surface area is 126 Å². The number of rotatable bonds is 7. The van der Waals surface area contributed by atoms with Crippen LogP contribution in [0, 0.1) is 5.92 Å². The molecule has 0 aliphatic carbocycles. The van der Waals surface area contributed by atoms with Gasteiger partial charge >= 0.3 is 0 Å². The predicted octanol–water partition coefficient (Wildman–Crippen LogP) is 1.82. The highest BCUT2D eigenvalue weighted by molar-refractivity contribution is 7.89. The third kappa shape index (κ3) is 4.50. The minimum absolute atomic E-state index is 0.0273. The van der Waals surface area contributed by atoms with Gasteiger partial charge in [-0.2, -0.15) is 0 Å². The third-order valence-corrected chi connectivity index (χ3v) is 4.92. The van der Waals surface area contributed by atoms with Gasteiger partial charge in [-0.25, -0.2) is 13.1 Å². The zero-order valence-corrected chi connectivity index (χ0v) is 13.6. The largest absolute Gasteiger partial charge is 0.388 e. The molecule has 0 aliphatic heterocycles. The van der Waals surface area contributed by atoms with Gasteiger partial charge in [-0.3, -0.25) is 4.98 Å². The van der Waals surface area contributed by atoms with Gasteiger partial charge in [0.2, 0.25) is 10.0 Å². The Morgan fingerprint density at radius 3 is 2.70 bits per heavy atom. The summed E-state index contributed by atoms with van der Waals surface area (Å²) in [5.41, 5.74) is 5.65. The summed E-state index contributed by atoms with van der Waals surface area (Å²) in [7, 11) is -3.67. The average Bonchev–Trinajstić information content (AvgIpc) is 2.37. The van der Waals surface area contributed by atoms with Crippen molar-refractivity contribution in [3.8, 4) is 0 Å². The number of pyridine rings is 1. The first-order valence-corrected chi connectivity index (χ1v) is 8.44. The summed E-state index contributed by atoms with van der Waals surface area (Å²) in [5.74, 6) is 0.455. The van der Waals surface area contributed by atoms with E-state index < -0.39 is 10.0 Å². The van der Waals surface area contributed by atoms with E-state index in [1.807, 2.05) is 6.92 Å². The highest BCUT2D eigenvalue weighted by Crippen LogP contribution is 2.16. The van der Waals surface area contributed by atoms with E-state index in [0.717, 1.165) is 12.8 Å². The first-order chi connectivity index (χ1) is 9.27. The molecule has 0 fully saturated rings. The molecule has 1 aromatic rings. The van der Waals surface area contributed by atoms with Crippen molar-refractivity contribution in [3.63, 3.8) is 0 Å². The quantitative estimate of drug-likeness (QED) is 0.750. The second kappa shape index (κ2) is 7.10. The maximum Gasteiger partial charge on any atom is 0.243 e. The third-order valence-electron chi connectivity index (χ3n) is 3.10. The predicted molar refractivity (Wildman–Crippen MR) is 84.0 cm³/mol. The van der Waals surface area contributed by atoms with Crippen LogP contribution in [0.5, 0.6) is 0 Å². The fourth-order valence-corrected chi connectivity index (χ4v) is 3.59. The maximum atomic E-state index is 12.4. The lowest BCUT2D eigenvalue weighted by Crippen LogP contribution is -2.35. The Hall–Kier alpha value is -1.05. The summed E-state index contributed by atoms with van der Waals surface area (Å²) in [4.78, 5) is 3.95. The molecule has 112 valence electrons. The summed E-state index contributed by atoms with van der Waals surface area (Å²) in [6, 6.07) is 2.85. The average molecular weight is 315 g/mol. The molecule has 0 spiro atoms. The van der Waals surface area contributed by atoms with Crippen LogP contribution < -0.4 is 10.5 Å². The van der Waals surface area contributed by atoms with Crippen molar-refractivity contribution in [1.29, 1.82) is 0 Å². The van der Waals surface area contributed by atoms with E-state index in [1.54, 1.807) is 6.07 Å². The number of nitrogens with one attached hydrogen (secondary N) is 1. The second-order valence-corrected chi connectivity index (χ2v) is 7.11. The molecule has 2 unspecified atom stereocenters. The number of aromatic nitrogens is 1. The fraction of sp³-hybridized carbons (Fsp3) is 0.538. The molecule has 3 N–H and O–H groups in total. The van der Waals surface area contributed by atoms with Gasteiger partial charge in [-0.15, -0.1) is 0 Å². The van der Waals surface area contributed by atoms with Gasteiger partial charge in [0, 0.05) is 12.2 Å². The van der Waals surface area contributed by atoms with Crippen LogP contribution in [0.2, 0.25) is 0 Å². The highest BCUT2D eigenvalue weighted by Gasteiger charge is 2.23. The number of hydrogen-bond acceptors (Lipinski definition) is 4. The Morgan fingerprint density at radius 2 is 2.15 bits per heavy atom. The van der Waals surface area contributed by atoms with Crippen molar-refractivity contribution in [3.05, 3.63) is 24.0 Å². The Bertz CT molecular complexity index is 573. The van der Waals surface area contributed by atoms with Crippen LogP contribution in [-0.2, 0) is 10.0 Å². The molecule has 0 saturated carbocycles. The summed E-state index contributed by atoms with van der Waals surface area (Å²) in [5, 5.41) is 0. The fourth-order valence-electron chi connectivity index (χ4n) is 1.94. The smallest absolute Gasteiger partial charge is 0.243 e. The molecule has 1 rings (SSSR count). The second-order valence-electron chi connectivity index (χ2n) is 4.99. The van der Waals surface area contributed by atoms with E-state index in [4.69, 9.17) is 18.0 Å². The number of nitrogens with zero attached hydrogens (tertiary/aromatic N) is 1. The maximum absolute atomic E-state index is 12.4. The molecule has 0 bridgehead atoms. The monoisotopic (exact) mass is 315 g/mol. The van der Waals surface area contributed by atoms with Crippen LogP contribution in [0.1, 0.15) is 39.3 Å². The number of thiocarbonyl (C=S) groups is 1. The van der Waals surface area contributed by atoms with E-state index in [0.29, 0.717) is 5.92 Å². The topological polar surface area (TPSA) is 85.1 Å². The van der Waals surface area contributed by atoms with Crippen LogP contribution in [0.25, 0.3) is 0 Å². The normalized spacial score (nSPS) is 14.8. The summed E-state index contributed by atoms with van der Waals surface area (Å²) < 4.78 is 27.4. The van der Waals surface area contributed by atoms with E-state index in [-0.39, 0.29) is 21.6 Å². The molecule has 0 radical (unpaired) electrons. The Kier molecular flexibility index (Phi) is 6.04. The van der Waals surface area contributed by atoms with Gasteiger partial charge < -0.3 is 5.73 Å². The van der Waals surface area contributed by atoms with Crippen molar-refractivity contribution in [2.45, 2.75) is 44.6 Å². The molecular weight excluding hydrogens is 294 g/mol. The van der Waals surface area contributed by atoms with Crippen LogP contribution in [0.15, 0.2) is 23.2 Å². The summed E-state index contributed by atoms with van der Waals surface area (Å²) in [6.07, 6.45) is 3.26. The molecule has 0 aliphatic rings. The minimum atomic E-state index is -3.67. The van der Waals surface area contributed by atoms with Gasteiger partial charge in [0.05, 0.1) is 0 Å². The summed E-state index contributed by atoms with van der Waals surface area (Å²) >= 11 is 4.84. The standard InChI is InChI=1S/C13H21N3O2S2/c1-4-9(2)8-10(3)16-20(17,18)11-6-5-7-15-12(11)13(14)19/h5-7,9-10,16H,4,8H2,1-3H3,(H2,14,19). The van der Waals surface area contributed by atoms with E-state index in [2.05, 4.69) is 23.6 Å². The Balaban J connectivity index is 2.97. The molecule has 0 aromatic carbocycles. The van der Waals surface area contributed by atoms with Crippen molar-refractivity contribution in [1.82, 2.24) is 9.71 Å². The van der Waals surface area contributed by atoms with Gasteiger partial charge in [0.15, 0.2) is 0 Å². The van der Waals surface area contributed by atoms with Crippen molar-refractivity contribution >= 4 is 27.2 Å². The van der Waals surface area contributed by atoms with Gasteiger partial charge in [0.1, 0.15) is 15.6 Å². The minimum Gasteiger partial charge on any atom is -0.388 e. The molecule has 0 saturated heterocycles. The molecule has 1 heterocycles. The van der Waals surface area contributed by atoms with E-state index in [1.165, 1.54) is 12.3 Å². The molecule has 0 amide bonds. The lowest BCUT2D eigenvalue weighted by molar-refractivity contribution is 0.445. The van der Waals surface area contributed by atoms with Gasteiger partial charge in [0.25, 0.3) is 0 Å². The van der Waals surface area contributed by atoms with Crippen LogP contribution >= 0.6 is 12.2 Å². The number of sulfonamides is 1. The van der Waals surface area contributed by atoms with Crippen LogP contribution in [0.4, 0.5) is 0 Å². The lowest BCUT2D eigenvalue weighted by Gasteiger charge is -2.18. The lowest BCUT2D eigenvalue weighted by atomic mass is 10.0. The zero-order valence-electron chi connectivity index (χ0n) is 12.0. The van der Waals surface area contributed by atoms with Crippen molar-refractivity contribution in [2.24, 2.45) is 11.7 Å². The molecule has 7 heteroatoms.